The summed E-state index contributed by atoms with van der Waals surface area (Å²) in [5.74, 6) is -0.341. The van der Waals surface area contributed by atoms with Crippen molar-refractivity contribution >= 4 is 21.7 Å². The third-order valence-corrected chi connectivity index (χ3v) is 5.54. The van der Waals surface area contributed by atoms with Crippen molar-refractivity contribution in [1.82, 2.24) is 4.31 Å². The fraction of sp³-hybridized carbons (Fsp3) is 0.167. The molecule has 0 atom stereocenters. The Morgan fingerprint density at radius 2 is 1.73 bits per heavy atom. The summed E-state index contributed by atoms with van der Waals surface area (Å²) in [6.45, 7) is 3.43. The molecule has 0 saturated carbocycles. The van der Waals surface area contributed by atoms with Crippen LogP contribution < -0.4 is 10.5 Å². The van der Waals surface area contributed by atoms with Crippen molar-refractivity contribution in [3.63, 3.8) is 0 Å². The van der Waals surface area contributed by atoms with Gasteiger partial charge >= 0.3 is 5.97 Å². The first-order valence-electron chi connectivity index (χ1n) is 7.58. The van der Waals surface area contributed by atoms with E-state index in [0.29, 0.717) is 17.0 Å². The predicted molar refractivity (Wildman–Crippen MR) is 97.7 cm³/mol. The summed E-state index contributed by atoms with van der Waals surface area (Å²) in [5.41, 5.74) is 6.54. The maximum absolute atomic E-state index is 13.1. The van der Waals surface area contributed by atoms with E-state index in [1.807, 2.05) is 0 Å². The summed E-state index contributed by atoms with van der Waals surface area (Å²) in [7, 11) is -1.44. The van der Waals surface area contributed by atoms with Crippen LogP contribution in [0.25, 0.3) is 0 Å². The van der Waals surface area contributed by atoms with Crippen LogP contribution in [-0.4, -0.2) is 32.9 Å². The van der Waals surface area contributed by atoms with Crippen LogP contribution in [0, 0.1) is 0 Å². The number of benzene rings is 2. The molecule has 2 aromatic carbocycles. The highest BCUT2D eigenvalue weighted by atomic mass is 32.2. The Bertz CT molecular complexity index is 907. The molecule has 26 heavy (non-hydrogen) atoms. The lowest BCUT2D eigenvalue weighted by atomic mass is 10.2. The van der Waals surface area contributed by atoms with Gasteiger partial charge in [0.05, 0.1) is 25.7 Å². The molecular weight excluding hydrogens is 356 g/mol. The highest BCUT2D eigenvalue weighted by Crippen LogP contribution is 2.26. The van der Waals surface area contributed by atoms with Crippen molar-refractivity contribution in [2.75, 3.05) is 20.0 Å². The molecule has 0 aliphatic carbocycles. The number of hydrogen-bond acceptors (Lipinski definition) is 6. The second-order valence-electron chi connectivity index (χ2n) is 5.32. The minimum absolute atomic E-state index is 0.0159. The van der Waals surface area contributed by atoms with E-state index in [2.05, 4.69) is 11.3 Å². The molecule has 0 aliphatic heterocycles. The van der Waals surface area contributed by atoms with Crippen LogP contribution in [0.1, 0.15) is 5.56 Å². The molecule has 2 N–H and O–H groups in total. The zero-order chi connectivity index (χ0) is 19.3. The maximum atomic E-state index is 13.1. The summed E-state index contributed by atoms with van der Waals surface area (Å²) in [5, 5.41) is 0. The number of nitrogens with zero attached hydrogens (tertiary/aromatic N) is 1. The standard InChI is InChI=1S/C18H20N2O5S/c1-13(18(21)25-3)20(12-14-6-4-5-7-17(14)19)26(22,23)16-10-8-15(24-2)9-11-16/h4-11H,1,12,19H2,2-3H3. The number of methoxy groups -OCH3 is 2. The van der Waals surface area contributed by atoms with Gasteiger partial charge in [-0.3, -0.25) is 4.31 Å². The molecular formula is C18H20N2O5S. The van der Waals surface area contributed by atoms with Crippen molar-refractivity contribution in [1.29, 1.82) is 0 Å². The Balaban J connectivity index is 2.49. The van der Waals surface area contributed by atoms with Crippen LogP contribution >= 0.6 is 0 Å². The fourth-order valence-electron chi connectivity index (χ4n) is 2.25. The fourth-order valence-corrected chi connectivity index (χ4v) is 3.66. The highest BCUT2D eigenvalue weighted by Gasteiger charge is 2.30. The van der Waals surface area contributed by atoms with Crippen molar-refractivity contribution < 1.29 is 22.7 Å². The van der Waals surface area contributed by atoms with E-state index < -0.39 is 16.0 Å². The molecule has 0 heterocycles. The number of carbonyl (C=O) groups excluding carboxylic acids is 1. The van der Waals surface area contributed by atoms with Crippen LogP contribution in [0.3, 0.4) is 0 Å². The van der Waals surface area contributed by atoms with Gasteiger partial charge in [-0.2, -0.15) is 0 Å². The van der Waals surface area contributed by atoms with Crippen LogP contribution in [0.15, 0.2) is 65.7 Å². The molecule has 2 aromatic rings. The number of rotatable bonds is 7. The van der Waals surface area contributed by atoms with Gasteiger partial charge in [-0.15, -0.1) is 0 Å². The minimum atomic E-state index is -4.07. The van der Waals surface area contributed by atoms with E-state index in [1.165, 1.54) is 31.4 Å². The molecule has 0 bridgehead atoms. The second kappa shape index (κ2) is 7.92. The van der Waals surface area contributed by atoms with Gasteiger partial charge in [-0.1, -0.05) is 24.8 Å². The molecule has 0 unspecified atom stereocenters. The average molecular weight is 376 g/mol. The van der Waals surface area contributed by atoms with Gasteiger partial charge in [0, 0.05) is 5.69 Å². The molecule has 0 amide bonds. The highest BCUT2D eigenvalue weighted by molar-refractivity contribution is 7.89. The van der Waals surface area contributed by atoms with Gasteiger partial charge in [0.2, 0.25) is 0 Å². The first-order chi connectivity index (χ1) is 12.3. The van der Waals surface area contributed by atoms with Crippen molar-refractivity contribution in [2.24, 2.45) is 0 Å². The smallest absolute Gasteiger partial charge is 0.354 e. The molecule has 0 saturated heterocycles. The molecule has 0 radical (unpaired) electrons. The Morgan fingerprint density at radius 1 is 1.12 bits per heavy atom. The zero-order valence-electron chi connectivity index (χ0n) is 14.5. The number of sulfonamides is 1. The average Bonchev–Trinajstić information content (AvgIpc) is 2.66. The molecule has 2 rings (SSSR count). The second-order valence-corrected chi connectivity index (χ2v) is 7.19. The third-order valence-electron chi connectivity index (χ3n) is 3.74. The Morgan fingerprint density at radius 3 is 2.27 bits per heavy atom. The van der Waals surface area contributed by atoms with Crippen LogP contribution in [0.2, 0.25) is 0 Å². The molecule has 0 fully saturated rings. The molecule has 138 valence electrons. The van der Waals surface area contributed by atoms with Gasteiger partial charge in [0.25, 0.3) is 10.0 Å². The zero-order valence-corrected chi connectivity index (χ0v) is 15.3. The third kappa shape index (κ3) is 3.97. The minimum Gasteiger partial charge on any atom is -0.497 e. The number of carbonyl (C=O) groups is 1. The molecule has 7 nitrogen and oxygen atoms in total. The van der Waals surface area contributed by atoms with Crippen LogP contribution in [-0.2, 0) is 26.1 Å². The van der Waals surface area contributed by atoms with Crippen LogP contribution in [0.4, 0.5) is 5.69 Å². The number of ether oxygens (including phenoxy) is 2. The number of anilines is 1. The van der Waals surface area contributed by atoms with E-state index in [-0.39, 0.29) is 17.1 Å². The molecule has 0 spiro atoms. The van der Waals surface area contributed by atoms with E-state index >= 15 is 0 Å². The monoisotopic (exact) mass is 376 g/mol. The summed E-state index contributed by atoms with van der Waals surface area (Å²) < 4.78 is 36.7. The van der Waals surface area contributed by atoms with Crippen molar-refractivity contribution in [2.45, 2.75) is 11.4 Å². The molecule has 8 heteroatoms. The van der Waals surface area contributed by atoms with Crippen molar-refractivity contribution in [3.05, 3.63) is 66.4 Å². The van der Waals surface area contributed by atoms with E-state index in [9.17, 15) is 13.2 Å². The topological polar surface area (TPSA) is 98.9 Å². The normalized spacial score (nSPS) is 10.8. The lowest BCUT2D eigenvalue weighted by molar-refractivity contribution is -0.137. The molecule has 0 aliphatic rings. The van der Waals surface area contributed by atoms with Crippen LogP contribution in [0.5, 0.6) is 5.75 Å². The van der Waals surface area contributed by atoms with Gasteiger partial charge in [0.1, 0.15) is 11.4 Å². The van der Waals surface area contributed by atoms with E-state index in [1.54, 1.807) is 24.3 Å². The summed E-state index contributed by atoms with van der Waals surface area (Å²) in [4.78, 5) is 11.9. The molecule has 0 aromatic heterocycles. The Kier molecular flexibility index (Phi) is 5.89. The van der Waals surface area contributed by atoms with Crippen molar-refractivity contribution in [3.8, 4) is 5.75 Å². The number of nitrogen functional groups attached to an aromatic ring is 1. The summed E-state index contributed by atoms with van der Waals surface area (Å²) >= 11 is 0. The van der Waals surface area contributed by atoms with E-state index in [0.717, 1.165) is 11.4 Å². The number of hydrogen-bond donors (Lipinski definition) is 1. The van der Waals surface area contributed by atoms with Gasteiger partial charge in [-0.05, 0) is 35.9 Å². The van der Waals surface area contributed by atoms with Gasteiger partial charge in [0.15, 0.2) is 0 Å². The predicted octanol–water partition coefficient (Wildman–Crippen LogP) is 2.16. The number of para-hydroxylation sites is 1. The van der Waals surface area contributed by atoms with Gasteiger partial charge < -0.3 is 15.2 Å². The number of esters is 1. The summed E-state index contributed by atoms with van der Waals surface area (Å²) in [6, 6.07) is 12.6. The quantitative estimate of drug-likeness (QED) is 0.452. The SMILES string of the molecule is C=C(C(=O)OC)N(Cc1ccccc1N)S(=O)(=O)c1ccc(OC)cc1. The number of nitrogens with two attached hydrogens (primary N) is 1. The van der Waals surface area contributed by atoms with Gasteiger partial charge in [-0.25, -0.2) is 13.2 Å². The first-order valence-corrected chi connectivity index (χ1v) is 9.02. The maximum Gasteiger partial charge on any atom is 0.354 e. The Hall–Kier alpha value is -3.00. The largest absolute Gasteiger partial charge is 0.497 e. The first kappa shape index (κ1) is 19.3. The Labute approximate surface area is 152 Å². The lowest BCUT2D eigenvalue weighted by Crippen LogP contribution is -2.33. The summed E-state index contributed by atoms with van der Waals surface area (Å²) in [6.07, 6.45) is 0. The lowest BCUT2D eigenvalue weighted by Gasteiger charge is -2.25. The van der Waals surface area contributed by atoms with E-state index in [4.69, 9.17) is 10.5 Å².